The van der Waals surface area contributed by atoms with Crippen LogP contribution >= 0.6 is 0 Å². The monoisotopic (exact) mass is 209 g/mol. The molecule has 0 spiro atoms. The van der Waals surface area contributed by atoms with Gasteiger partial charge in [0.1, 0.15) is 0 Å². The van der Waals surface area contributed by atoms with E-state index >= 15 is 0 Å². The maximum Gasteiger partial charge on any atom is 0.237 e. The minimum absolute atomic E-state index is 0.0259. The second kappa shape index (κ2) is 5.13. The molecule has 0 aromatic heterocycles. The van der Waals surface area contributed by atoms with Gasteiger partial charge in [-0.05, 0) is 33.2 Å². The fourth-order valence-electron chi connectivity index (χ4n) is 1.55. The molecule has 1 rings (SSSR count). The third-order valence-electron chi connectivity index (χ3n) is 2.63. The normalized spacial score (nSPS) is 21.8. The first kappa shape index (κ1) is 12.0. The zero-order chi connectivity index (χ0) is 11.3. The van der Waals surface area contributed by atoms with Gasteiger partial charge in [-0.1, -0.05) is 6.42 Å². The van der Waals surface area contributed by atoms with Crippen LogP contribution in [0, 0.1) is 16.7 Å². The van der Waals surface area contributed by atoms with E-state index in [2.05, 4.69) is 16.7 Å². The Balaban J connectivity index is 2.32. The third-order valence-corrected chi connectivity index (χ3v) is 2.63. The standard InChI is InChI=1S/C11H19N3O/c1-11(2,7-12)8-14-10(15)9-5-3-4-6-13-9/h9,13H,3-6,8H2,1-2H3,(H,14,15). The summed E-state index contributed by atoms with van der Waals surface area (Å²) < 4.78 is 0. The molecule has 1 aliphatic heterocycles. The molecule has 4 nitrogen and oxygen atoms in total. The molecule has 1 amide bonds. The zero-order valence-electron chi connectivity index (χ0n) is 9.47. The summed E-state index contributed by atoms with van der Waals surface area (Å²) in [5, 5.41) is 14.8. The van der Waals surface area contributed by atoms with Crippen LogP contribution in [0.2, 0.25) is 0 Å². The van der Waals surface area contributed by atoms with Gasteiger partial charge in [0.05, 0.1) is 17.5 Å². The van der Waals surface area contributed by atoms with Gasteiger partial charge in [-0.25, -0.2) is 0 Å². The molecule has 1 unspecified atom stereocenters. The second-order valence-corrected chi connectivity index (χ2v) is 4.72. The molecule has 4 heteroatoms. The van der Waals surface area contributed by atoms with Crippen molar-refractivity contribution in [1.82, 2.24) is 10.6 Å². The van der Waals surface area contributed by atoms with E-state index in [0.717, 1.165) is 25.8 Å². The molecule has 84 valence electrons. The highest BCUT2D eigenvalue weighted by molar-refractivity contribution is 5.81. The van der Waals surface area contributed by atoms with Gasteiger partial charge < -0.3 is 10.6 Å². The molecule has 1 saturated heterocycles. The van der Waals surface area contributed by atoms with Crippen LogP contribution in [-0.4, -0.2) is 25.0 Å². The Morgan fingerprint density at radius 2 is 2.33 bits per heavy atom. The summed E-state index contributed by atoms with van der Waals surface area (Å²) in [5.41, 5.74) is -0.482. The molecular weight excluding hydrogens is 190 g/mol. The van der Waals surface area contributed by atoms with Crippen molar-refractivity contribution in [2.45, 2.75) is 39.2 Å². The number of hydrogen-bond acceptors (Lipinski definition) is 3. The summed E-state index contributed by atoms with van der Waals surface area (Å²) in [7, 11) is 0. The van der Waals surface area contributed by atoms with Crippen molar-refractivity contribution < 1.29 is 4.79 Å². The lowest BCUT2D eigenvalue weighted by Gasteiger charge is -2.24. The number of rotatable bonds is 3. The van der Waals surface area contributed by atoms with E-state index in [1.807, 2.05) is 13.8 Å². The number of nitrogens with zero attached hydrogens (tertiary/aromatic N) is 1. The van der Waals surface area contributed by atoms with E-state index in [-0.39, 0.29) is 11.9 Å². The van der Waals surface area contributed by atoms with E-state index in [9.17, 15) is 4.79 Å². The van der Waals surface area contributed by atoms with E-state index in [1.165, 1.54) is 0 Å². The maximum atomic E-state index is 11.7. The molecule has 0 saturated carbocycles. The minimum Gasteiger partial charge on any atom is -0.353 e. The highest BCUT2D eigenvalue weighted by atomic mass is 16.2. The molecule has 1 aliphatic rings. The quantitative estimate of drug-likeness (QED) is 0.722. The zero-order valence-corrected chi connectivity index (χ0v) is 9.47. The molecule has 2 N–H and O–H groups in total. The third kappa shape index (κ3) is 3.88. The number of amides is 1. The molecule has 0 aromatic rings. The average molecular weight is 209 g/mol. The Morgan fingerprint density at radius 3 is 2.87 bits per heavy atom. The highest BCUT2D eigenvalue weighted by Crippen LogP contribution is 2.11. The number of piperidine rings is 1. The highest BCUT2D eigenvalue weighted by Gasteiger charge is 2.23. The molecular formula is C11H19N3O. The van der Waals surface area contributed by atoms with Crippen LogP contribution in [0.1, 0.15) is 33.1 Å². The van der Waals surface area contributed by atoms with Crippen LogP contribution in [0.4, 0.5) is 0 Å². The molecule has 1 heterocycles. The van der Waals surface area contributed by atoms with Crippen molar-refractivity contribution >= 4 is 5.91 Å². The van der Waals surface area contributed by atoms with Crippen LogP contribution in [0.25, 0.3) is 0 Å². The predicted octanol–water partition coefficient (Wildman–Crippen LogP) is 0.794. The molecule has 0 aromatic carbocycles. The van der Waals surface area contributed by atoms with Crippen molar-refractivity contribution in [3.8, 4) is 6.07 Å². The summed E-state index contributed by atoms with van der Waals surface area (Å²) in [6, 6.07) is 2.10. The molecule has 0 aliphatic carbocycles. The first-order valence-corrected chi connectivity index (χ1v) is 5.47. The lowest BCUT2D eigenvalue weighted by molar-refractivity contribution is -0.123. The molecule has 0 radical (unpaired) electrons. The van der Waals surface area contributed by atoms with Gasteiger partial charge in [0, 0.05) is 6.54 Å². The summed E-state index contributed by atoms with van der Waals surface area (Å²) in [5.74, 6) is 0.0259. The van der Waals surface area contributed by atoms with Gasteiger partial charge in [0.2, 0.25) is 5.91 Å². The summed E-state index contributed by atoms with van der Waals surface area (Å²) in [4.78, 5) is 11.7. The lowest BCUT2D eigenvalue weighted by Crippen LogP contribution is -2.48. The lowest BCUT2D eigenvalue weighted by atomic mass is 9.95. The predicted molar refractivity (Wildman–Crippen MR) is 58.0 cm³/mol. The number of nitrogens with one attached hydrogen (secondary N) is 2. The van der Waals surface area contributed by atoms with Gasteiger partial charge in [-0.3, -0.25) is 4.79 Å². The van der Waals surface area contributed by atoms with Gasteiger partial charge in [-0.2, -0.15) is 5.26 Å². The second-order valence-electron chi connectivity index (χ2n) is 4.72. The number of carbonyl (C=O) groups excluding carboxylic acids is 1. The van der Waals surface area contributed by atoms with E-state index in [0.29, 0.717) is 6.54 Å². The molecule has 1 fully saturated rings. The van der Waals surface area contributed by atoms with Gasteiger partial charge in [0.15, 0.2) is 0 Å². The first-order chi connectivity index (χ1) is 7.05. The summed E-state index contributed by atoms with van der Waals surface area (Å²) in [6.45, 7) is 4.98. The SMILES string of the molecule is CC(C)(C#N)CNC(=O)C1CCCCN1. The first-order valence-electron chi connectivity index (χ1n) is 5.47. The van der Waals surface area contributed by atoms with E-state index in [4.69, 9.17) is 5.26 Å². The fraction of sp³-hybridized carbons (Fsp3) is 0.818. The number of hydrogen-bond donors (Lipinski definition) is 2. The van der Waals surface area contributed by atoms with Crippen molar-refractivity contribution in [2.75, 3.05) is 13.1 Å². The van der Waals surface area contributed by atoms with E-state index in [1.54, 1.807) is 0 Å². The number of nitriles is 1. The van der Waals surface area contributed by atoms with Crippen molar-refractivity contribution in [3.63, 3.8) is 0 Å². The smallest absolute Gasteiger partial charge is 0.237 e. The average Bonchev–Trinajstić information content (AvgIpc) is 2.27. The van der Waals surface area contributed by atoms with Crippen LogP contribution in [-0.2, 0) is 4.79 Å². The van der Waals surface area contributed by atoms with Crippen molar-refractivity contribution in [2.24, 2.45) is 5.41 Å². The Morgan fingerprint density at radius 1 is 1.60 bits per heavy atom. The largest absolute Gasteiger partial charge is 0.353 e. The van der Waals surface area contributed by atoms with Crippen molar-refractivity contribution in [1.29, 1.82) is 5.26 Å². The summed E-state index contributed by atoms with van der Waals surface area (Å²) in [6.07, 6.45) is 3.15. The van der Waals surface area contributed by atoms with Crippen LogP contribution in [0.5, 0.6) is 0 Å². The number of carbonyl (C=O) groups is 1. The maximum absolute atomic E-state index is 11.7. The van der Waals surface area contributed by atoms with Gasteiger partial charge in [-0.15, -0.1) is 0 Å². The van der Waals surface area contributed by atoms with Gasteiger partial charge in [0.25, 0.3) is 0 Å². The van der Waals surface area contributed by atoms with Crippen LogP contribution in [0.3, 0.4) is 0 Å². The van der Waals surface area contributed by atoms with Crippen LogP contribution < -0.4 is 10.6 Å². The molecule has 15 heavy (non-hydrogen) atoms. The Bertz CT molecular complexity index is 261. The summed E-state index contributed by atoms with van der Waals surface area (Å²) >= 11 is 0. The van der Waals surface area contributed by atoms with Crippen LogP contribution in [0.15, 0.2) is 0 Å². The Kier molecular flexibility index (Phi) is 4.10. The fourth-order valence-corrected chi connectivity index (χ4v) is 1.55. The minimum atomic E-state index is -0.482. The van der Waals surface area contributed by atoms with E-state index < -0.39 is 5.41 Å². The Hall–Kier alpha value is -1.08. The molecule has 1 atom stereocenters. The molecule has 0 bridgehead atoms. The van der Waals surface area contributed by atoms with Crippen molar-refractivity contribution in [3.05, 3.63) is 0 Å². The Labute approximate surface area is 91.0 Å². The topological polar surface area (TPSA) is 64.9 Å². The van der Waals surface area contributed by atoms with Gasteiger partial charge >= 0.3 is 0 Å².